The lowest BCUT2D eigenvalue weighted by Gasteiger charge is -2.17. The summed E-state index contributed by atoms with van der Waals surface area (Å²) in [5.41, 5.74) is 6.32. The second kappa shape index (κ2) is 7.12. The highest BCUT2D eigenvalue weighted by molar-refractivity contribution is 8.04. The van der Waals surface area contributed by atoms with Crippen LogP contribution in [0.4, 0.5) is 5.69 Å². The van der Waals surface area contributed by atoms with Crippen molar-refractivity contribution in [2.75, 3.05) is 10.7 Å². The molecular weight excluding hydrogens is 342 g/mol. The van der Waals surface area contributed by atoms with Crippen molar-refractivity contribution >= 4 is 34.8 Å². The van der Waals surface area contributed by atoms with Crippen LogP contribution in [0.25, 0.3) is 5.57 Å². The van der Waals surface area contributed by atoms with Crippen LogP contribution in [0.2, 0.25) is 0 Å². The number of hydrogen-bond donors (Lipinski definition) is 0. The summed E-state index contributed by atoms with van der Waals surface area (Å²) in [5, 5.41) is 0. The molecule has 26 heavy (non-hydrogen) atoms. The minimum atomic E-state index is -0.237. The second-order valence-electron chi connectivity index (χ2n) is 6.73. The van der Waals surface area contributed by atoms with Crippen molar-refractivity contribution in [2.45, 2.75) is 34.6 Å². The normalized spacial score (nSPS) is 14.6. The summed E-state index contributed by atoms with van der Waals surface area (Å²) in [4.78, 5) is 28.2. The molecule has 2 aromatic rings. The van der Waals surface area contributed by atoms with Crippen LogP contribution in [0, 0.1) is 27.7 Å². The molecule has 0 unspecified atom stereocenters. The maximum Gasteiger partial charge on any atom is 0.272 e. The Morgan fingerprint density at radius 2 is 1.50 bits per heavy atom. The zero-order valence-corrected chi connectivity index (χ0v) is 16.7. The van der Waals surface area contributed by atoms with Gasteiger partial charge >= 0.3 is 0 Å². The first-order valence-electron chi connectivity index (χ1n) is 8.75. The largest absolute Gasteiger partial charge is 0.272 e. The van der Waals surface area contributed by atoms with E-state index in [-0.39, 0.29) is 11.8 Å². The summed E-state index contributed by atoms with van der Waals surface area (Å²) in [7, 11) is 0. The Balaban J connectivity index is 2.13. The number of imide groups is 1. The van der Waals surface area contributed by atoms with E-state index >= 15 is 0 Å². The van der Waals surface area contributed by atoms with Crippen LogP contribution in [0.15, 0.2) is 41.3 Å². The lowest BCUT2D eigenvalue weighted by atomic mass is 10.0. The monoisotopic (exact) mass is 365 g/mol. The molecule has 0 saturated carbocycles. The smallest absolute Gasteiger partial charge is 0.268 e. The van der Waals surface area contributed by atoms with Gasteiger partial charge in [-0.25, -0.2) is 4.90 Å². The molecule has 0 aliphatic carbocycles. The fourth-order valence-corrected chi connectivity index (χ4v) is 4.11. The highest BCUT2D eigenvalue weighted by atomic mass is 32.2. The van der Waals surface area contributed by atoms with Crippen LogP contribution in [-0.4, -0.2) is 17.6 Å². The van der Waals surface area contributed by atoms with Gasteiger partial charge in [0.1, 0.15) is 0 Å². The number of amides is 2. The molecule has 134 valence electrons. The van der Waals surface area contributed by atoms with Crippen LogP contribution in [0.1, 0.15) is 34.7 Å². The number of aryl methyl sites for hydroxylation is 4. The maximum atomic E-state index is 13.3. The average molecular weight is 365 g/mol. The number of benzene rings is 2. The topological polar surface area (TPSA) is 37.4 Å². The molecule has 1 aliphatic heterocycles. The molecule has 0 N–H and O–H groups in total. The van der Waals surface area contributed by atoms with Crippen molar-refractivity contribution < 1.29 is 9.59 Å². The average Bonchev–Trinajstić information content (AvgIpc) is 2.80. The Morgan fingerprint density at radius 3 is 2.08 bits per heavy atom. The summed E-state index contributed by atoms with van der Waals surface area (Å²) in [5.74, 6) is 0.280. The number of nitrogens with zero attached hydrogens (tertiary/aromatic N) is 1. The van der Waals surface area contributed by atoms with Gasteiger partial charge in [0, 0.05) is 0 Å². The van der Waals surface area contributed by atoms with Gasteiger partial charge < -0.3 is 0 Å². The minimum absolute atomic E-state index is 0.222. The van der Waals surface area contributed by atoms with Crippen molar-refractivity contribution in [2.24, 2.45) is 0 Å². The van der Waals surface area contributed by atoms with Crippen LogP contribution >= 0.6 is 11.8 Å². The number of anilines is 1. The van der Waals surface area contributed by atoms with Gasteiger partial charge in [0.25, 0.3) is 11.8 Å². The summed E-state index contributed by atoms with van der Waals surface area (Å²) in [6.07, 6.45) is 0. The molecule has 0 bridgehead atoms. The van der Waals surface area contributed by atoms with E-state index in [4.69, 9.17) is 0 Å². The van der Waals surface area contributed by atoms with Gasteiger partial charge in [-0.3, -0.25) is 9.59 Å². The highest BCUT2D eigenvalue weighted by Gasteiger charge is 2.40. The van der Waals surface area contributed by atoms with Gasteiger partial charge in [0.2, 0.25) is 0 Å². The molecular formula is C22H23NO2S. The Bertz CT molecular complexity index is 923. The Hall–Kier alpha value is -2.33. The first-order valence-corrected chi connectivity index (χ1v) is 9.73. The summed E-state index contributed by atoms with van der Waals surface area (Å²) >= 11 is 1.44. The third-order valence-corrected chi connectivity index (χ3v) is 5.55. The first-order chi connectivity index (χ1) is 12.3. The number of rotatable bonds is 4. The lowest BCUT2D eigenvalue weighted by Crippen LogP contribution is -2.31. The fraction of sp³-hybridized carbons (Fsp3) is 0.273. The minimum Gasteiger partial charge on any atom is -0.268 e. The maximum absolute atomic E-state index is 13.3. The third-order valence-electron chi connectivity index (χ3n) is 4.59. The van der Waals surface area contributed by atoms with E-state index in [1.165, 1.54) is 22.2 Å². The van der Waals surface area contributed by atoms with Gasteiger partial charge in [-0.15, -0.1) is 11.8 Å². The predicted octanol–water partition coefficient (Wildman–Crippen LogP) is 4.96. The third kappa shape index (κ3) is 3.21. The first kappa shape index (κ1) is 18.5. The molecule has 1 heterocycles. The second-order valence-corrected chi connectivity index (χ2v) is 8.00. The Labute approximate surface area is 159 Å². The van der Waals surface area contributed by atoms with Gasteiger partial charge in [0.05, 0.1) is 16.2 Å². The van der Waals surface area contributed by atoms with Crippen LogP contribution in [0.3, 0.4) is 0 Å². The molecule has 0 saturated heterocycles. The summed E-state index contributed by atoms with van der Waals surface area (Å²) < 4.78 is 0. The van der Waals surface area contributed by atoms with E-state index in [0.29, 0.717) is 16.2 Å². The molecule has 0 radical (unpaired) electrons. The van der Waals surface area contributed by atoms with Gasteiger partial charge in [-0.05, 0) is 73.4 Å². The number of carbonyl (C=O) groups excluding carboxylic acids is 2. The van der Waals surface area contributed by atoms with E-state index < -0.39 is 0 Å². The van der Waals surface area contributed by atoms with Gasteiger partial charge in [-0.1, -0.05) is 31.2 Å². The predicted molar refractivity (Wildman–Crippen MR) is 109 cm³/mol. The van der Waals surface area contributed by atoms with Gasteiger partial charge in [-0.2, -0.15) is 0 Å². The number of hydrogen-bond acceptors (Lipinski definition) is 3. The molecule has 0 spiro atoms. The molecule has 3 nitrogen and oxygen atoms in total. The van der Waals surface area contributed by atoms with E-state index in [1.54, 1.807) is 0 Å². The zero-order valence-electron chi connectivity index (χ0n) is 15.8. The van der Waals surface area contributed by atoms with Crippen LogP contribution in [0.5, 0.6) is 0 Å². The molecule has 0 aromatic heterocycles. The molecule has 0 fully saturated rings. The molecule has 0 atom stereocenters. The van der Waals surface area contributed by atoms with Gasteiger partial charge in [0.15, 0.2) is 0 Å². The van der Waals surface area contributed by atoms with E-state index in [9.17, 15) is 9.59 Å². The SMILES string of the molecule is CCSC1=C(c2ccc(C)c(C)c2)C(=O)N(c2cc(C)cc(C)c2)C1=O. The van der Waals surface area contributed by atoms with E-state index in [2.05, 4.69) is 0 Å². The van der Waals surface area contributed by atoms with Crippen molar-refractivity contribution in [1.29, 1.82) is 0 Å². The van der Waals surface area contributed by atoms with Crippen LogP contribution < -0.4 is 4.90 Å². The van der Waals surface area contributed by atoms with Crippen molar-refractivity contribution in [3.8, 4) is 0 Å². The van der Waals surface area contributed by atoms with E-state index in [1.807, 2.05) is 71.0 Å². The molecule has 2 aromatic carbocycles. The Kier molecular flexibility index (Phi) is 5.05. The highest BCUT2D eigenvalue weighted by Crippen LogP contribution is 2.39. The van der Waals surface area contributed by atoms with E-state index in [0.717, 1.165) is 28.0 Å². The Morgan fingerprint density at radius 1 is 0.846 bits per heavy atom. The molecule has 1 aliphatic rings. The molecule has 4 heteroatoms. The quantitative estimate of drug-likeness (QED) is 0.719. The summed E-state index contributed by atoms with van der Waals surface area (Å²) in [6, 6.07) is 11.7. The fourth-order valence-electron chi connectivity index (χ4n) is 3.25. The summed E-state index contributed by atoms with van der Waals surface area (Å²) in [6.45, 7) is 10.0. The number of carbonyl (C=O) groups is 2. The van der Waals surface area contributed by atoms with Crippen molar-refractivity contribution in [1.82, 2.24) is 0 Å². The standard InChI is InChI=1S/C22H23NO2S/c1-6-26-20-19(17-8-7-15(4)16(5)12-17)21(24)23(22(20)25)18-10-13(2)9-14(3)11-18/h7-12H,6H2,1-5H3. The van der Waals surface area contributed by atoms with Crippen molar-refractivity contribution in [3.63, 3.8) is 0 Å². The zero-order chi connectivity index (χ0) is 19.0. The molecule has 2 amide bonds. The van der Waals surface area contributed by atoms with Crippen molar-refractivity contribution in [3.05, 3.63) is 69.1 Å². The lowest BCUT2D eigenvalue weighted by molar-refractivity contribution is -0.119. The van der Waals surface area contributed by atoms with Crippen LogP contribution in [-0.2, 0) is 9.59 Å². The number of thioether (sulfide) groups is 1. The molecule has 3 rings (SSSR count).